The van der Waals surface area contributed by atoms with Crippen LogP contribution in [-0.2, 0) is 17.9 Å². The number of carbonyl (C=O) groups excluding carboxylic acids is 1. The summed E-state index contributed by atoms with van der Waals surface area (Å²) in [5.74, 6) is -1.12. The number of hydrogen-bond acceptors (Lipinski definition) is 5. The third kappa shape index (κ3) is 4.71. The highest BCUT2D eigenvalue weighted by atomic mass is 32.1. The third-order valence-electron chi connectivity index (χ3n) is 3.83. The van der Waals surface area contributed by atoms with E-state index in [-0.39, 0.29) is 18.8 Å². The Hall–Kier alpha value is -3.19. The Balaban J connectivity index is 1.83. The molecule has 0 unspecified atom stereocenters. The lowest BCUT2D eigenvalue weighted by Crippen LogP contribution is -2.31. The Labute approximate surface area is 160 Å². The van der Waals surface area contributed by atoms with E-state index in [0.717, 1.165) is 22.5 Å². The third-order valence-corrected chi connectivity index (χ3v) is 4.82. The van der Waals surface area contributed by atoms with Crippen molar-refractivity contribution in [3.05, 3.63) is 82.4 Å². The molecule has 1 aromatic heterocycles. The first-order valence-corrected chi connectivity index (χ1v) is 9.09. The summed E-state index contributed by atoms with van der Waals surface area (Å²) in [6.07, 6.45) is -0.576. The van der Waals surface area contributed by atoms with Crippen LogP contribution in [0.4, 0.5) is 9.93 Å². The van der Waals surface area contributed by atoms with Crippen LogP contribution in [0.3, 0.4) is 0 Å². The molecule has 6 nitrogen and oxygen atoms in total. The molecular weight excluding hydrogens is 364 g/mol. The van der Waals surface area contributed by atoms with Gasteiger partial charge < -0.3 is 9.84 Å². The smallest absolute Gasteiger partial charge is 0.416 e. The Morgan fingerprint density at radius 1 is 1.04 bits per heavy atom. The first-order chi connectivity index (χ1) is 13.0. The molecular formula is C20H18N2O4S. The van der Waals surface area contributed by atoms with E-state index in [4.69, 9.17) is 4.74 Å². The predicted molar refractivity (Wildman–Crippen MR) is 103 cm³/mol. The molecule has 0 saturated carbocycles. The number of anilines is 1. The van der Waals surface area contributed by atoms with Gasteiger partial charge in [-0.2, -0.15) is 0 Å². The second kappa shape index (κ2) is 8.46. The molecule has 0 bridgehead atoms. The minimum atomic E-state index is -1.12. The number of aryl methyl sites for hydroxylation is 1. The van der Waals surface area contributed by atoms with Gasteiger partial charge in [-0.15, -0.1) is 11.3 Å². The summed E-state index contributed by atoms with van der Waals surface area (Å²) < 4.78 is 5.43. The summed E-state index contributed by atoms with van der Waals surface area (Å²) in [6.45, 7) is 2.03. The summed E-state index contributed by atoms with van der Waals surface area (Å²) in [6, 6.07) is 18.8. The van der Waals surface area contributed by atoms with Gasteiger partial charge in [-0.3, -0.25) is 0 Å². The zero-order valence-electron chi connectivity index (χ0n) is 14.7. The average molecular weight is 382 g/mol. The number of amides is 1. The Morgan fingerprint density at radius 2 is 1.63 bits per heavy atom. The molecule has 0 radical (unpaired) electrons. The lowest BCUT2D eigenvalue weighted by molar-refractivity contribution is 0.0690. The lowest BCUT2D eigenvalue weighted by atomic mass is 10.2. The zero-order chi connectivity index (χ0) is 19.2. The van der Waals surface area contributed by atoms with Crippen LogP contribution < -0.4 is 4.90 Å². The zero-order valence-corrected chi connectivity index (χ0v) is 15.5. The summed E-state index contributed by atoms with van der Waals surface area (Å²) in [5.41, 5.74) is 1.70. The van der Waals surface area contributed by atoms with E-state index < -0.39 is 12.1 Å². The van der Waals surface area contributed by atoms with Gasteiger partial charge in [0.2, 0.25) is 0 Å². The standard InChI is InChI=1S/C20H18N2O4S/c1-14-17(18(23)24)21-19(27-14)22(12-15-8-4-2-5-9-15)20(25)26-13-16-10-6-3-7-11-16/h2-11H,12-13H2,1H3,(H,23,24). The quantitative estimate of drug-likeness (QED) is 0.679. The van der Waals surface area contributed by atoms with E-state index in [0.29, 0.717) is 10.0 Å². The molecule has 0 aliphatic heterocycles. The summed E-state index contributed by atoms with van der Waals surface area (Å²) in [5, 5.41) is 9.55. The summed E-state index contributed by atoms with van der Waals surface area (Å²) in [7, 11) is 0. The molecule has 1 heterocycles. The van der Waals surface area contributed by atoms with Crippen molar-refractivity contribution in [2.75, 3.05) is 4.90 Å². The molecule has 0 aliphatic carbocycles. The fourth-order valence-corrected chi connectivity index (χ4v) is 3.36. The number of hydrogen-bond donors (Lipinski definition) is 1. The number of carbonyl (C=O) groups is 2. The fraction of sp³-hybridized carbons (Fsp3) is 0.150. The lowest BCUT2D eigenvalue weighted by Gasteiger charge is -2.19. The number of ether oxygens (including phenoxy) is 1. The van der Waals surface area contributed by atoms with E-state index in [1.54, 1.807) is 6.92 Å². The number of benzene rings is 2. The van der Waals surface area contributed by atoms with Crippen molar-refractivity contribution in [2.45, 2.75) is 20.1 Å². The van der Waals surface area contributed by atoms with E-state index in [2.05, 4.69) is 4.98 Å². The first kappa shape index (κ1) is 18.6. The van der Waals surface area contributed by atoms with Crippen molar-refractivity contribution >= 4 is 28.5 Å². The number of thiazole rings is 1. The fourth-order valence-electron chi connectivity index (χ4n) is 2.47. The van der Waals surface area contributed by atoms with Crippen LogP contribution in [0.1, 0.15) is 26.5 Å². The SMILES string of the molecule is Cc1sc(N(Cc2ccccc2)C(=O)OCc2ccccc2)nc1C(=O)O. The number of nitrogens with zero attached hydrogens (tertiary/aromatic N) is 2. The van der Waals surface area contributed by atoms with Gasteiger partial charge >= 0.3 is 12.1 Å². The highest BCUT2D eigenvalue weighted by molar-refractivity contribution is 7.16. The van der Waals surface area contributed by atoms with Gasteiger partial charge in [-0.05, 0) is 18.1 Å². The molecule has 0 saturated heterocycles. The van der Waals surface area contributed by atoms with Crippen molar-refractivity contribution < 1.29 is 19.4 Å². The van der Waals surface area contributed by atoms with Gasteiger partial charge in [0.05, 0.1) is 6.54 Å². The molecule has 27 heavy (non-hydrogen) atoms. The number of carboxylic acid groups (broad SMARTS) is 1. The monoisotopic (exact) mass is 382 g/mol. The maximum absolute atomic E-state index is 12.7. The van der Waals surface area contributed by atoms with E-state index in [1.807, 2.05) is 60.7 Å². The van der Waals surface area contributed by atoms with Crippen molar-refractivity contribution in [1.82, 2.24) is 4.98 Å². The summed E-state index contributed by atoms with van der Waals surface area (Å²) in [4.78, 5) is 30.1. The van der Waals surface area contributed by atoms with Gasteiger partial charge in [0, 0.05) is 4.88 Å². The Bertz CT molecular complexity index is 926. The largest absolute Gasteiger partial charge is 0.476 e. The average Bonchev–Trinajstić information content (AvgIpc) is 3.07. The van der Waals surface area contributed by atoms with Crippen molar-refractivity contribution in [3.8, 4) is 0 Å². The van der Waals surface area contributed by atoms with E-state index in [1.165, 1.54) is 4.90 Å². The normalized spacial score (nSPS) is 10.4. The molecule has 0 atom stereocenters. The molecule has 0 aliphatic rings. The topological polar surface area (TPSA) is 79.7 Å². The van der Waals surface area contributed by atoms with Gasteiger partial charge in [-0.1, -0.05) is 60.7 Å². The summed E-state index contributed by atoms with van der Waals surface area (Å²) >= 11 is 1.15. The van der Waals surface area contributed by atoms with Gasteiger partial charge in [0.1, 0.15) is 6.61 Å². The Kier molecular flexibility index (Phi) is 5.83. The number of rotatable bonds is 6. The number of carboxylic acids is 1. The highest BCUT2D eigenvalue weighted by Gasteiger charge is 2.24. The second-order valence-electron chi connectivity index (χ2n) is 5.82. The predicted octanol–water partition coefficient (Wildman–Crippen LogP) is 4.49. The molecule has 1 N–H and O–H groups in total. The molecule has 138 valence electrons. The Morgan fingerprint density at radius 3 is 2.19 bits per heavy atom. The molecule has 3 rings (SSSR count). The highest BCUT2D eigenvalue weighted by Crippen LogP contribution is 2.28. The molecule has 1 amide bonds. The number of aromatic carboxylic acids is 1. The van der Waals surface area contributed by atoms with Crippen LogP contribution in [0.25, 0.3) is 0 Å². The van der Waals surface area contributed by atoms with Crippen LogP contribution >= 0.6 is 11.3 Å². The minimum Gasteiger partial charge on any atom is -0.476 e. The van der Waals surface area contributed by atoms with E-state index in [9.17, 15) is 14.7 Å². The second-order valence-corrected chi connectivity index (χ2v) is 7.00. The van der Waals surface area contributed by atoms with Crippen LogP contribution in [0.2, 0.25) is 0 Å². The van der Waals surface area contributed by atoms with Crippen molar-refractivity contribution in [2.24, 2.45) is 0 Å². The van der Waals surface area contributed by atoms with Crippen molar-refractivity contribution in [1.29, 1.82) is 0 Å². The molecule has 3 aromatic rings. The van der Waals surface area contributed by atoms with Crippen LogP contribution in [-0.4, -0.2) is 22.2 Å². The maximum atomic E-state index is 12.7. The van der Waals surface area contributed by atoms with Crippen LogP contribution in [0, 0.1) is 6.92 Å². The minimum absolute atomic E-state index is 0.0519. The van der Waals surface area contributed by atoms with Gasteiger partial charge in [-0.25, -0.2) is 19.5 Å². The molecule has 7 heteroatoms. The first-order valence-electron chi connectivity index (χ1n) is 8.27. The van der Waals surface area contributed by atoms with Gasteiger partial charge in [0.25, 0.3) is 0 Å². The van der Waals surface area contributed by atoms with Crippen LogP contribution in [0.5, 0.6) is 0 Å². The molecule has 0 fully saturated rings. The van der Waals surface area contributed by atoms with Crippen LogP contribution in [0.15, 0.2) is 60.7 Å². The molecule has 0 spiro atoms. The number of aromatic nitrogens is 1. The van der Waals surface area contributed by atoms with Crippen molar-refractivity contribution in [3.63, 3.8) is 0 Å². The maximum Gasteiger partial charge on any atom is 0.416 e. The molecule has 2 aromatic carbocycles. The van der Waals surface area contributed by atoms with E-state index >= 15 is 0 Å². The van der Waals surface area contributed by atoms with Gasteiger partial charge in [0.15, 0.2) is 10.8 Å².